The zero-order valence-electron chi connectivity index (χ0n) is 19.5. The molecular weight excluding hydrogens is 460 g/mol. The van der Waals surface area contributed by atoms with Gasteiger partial charge in [-0.25, -0.2) is 16.8 Å². The summed E-state index contributed by atoms with van der Waals surface area (Å²) < 4.78 is 60.8. The summed E-state index contributed by atoms with van der Waals surface area (Å²) in [6.45, 7) is 5.33. The number of sulfonamides is 2. The minimum absolute atomic E-state index is 0.0346. The first-order valence-electron chi connectivity index (χ1n) is 10.2. The van der Waals surface area contributed by atoms with Crippen molar-refractivity contribution in [1.82, 2.24) is 0 Å². The zero-order valence-corrected chi connectivity index (χ0v) is 21.2. The van der Waals surface area contributed by atoms with Crippen LogP contribution in [0.5, 0.6) is 5.75 Å². The van der Waals surface area contributed by atoms with Crippen molar-refractivity contribution in [3.8, 4) is 5.75 Å². The molecule has 3 aromatic rings. The molecule has 0 bridgehead atoms. The second-order valence-electron chi connectivity index (χ2n) is 7.86. The number of nitrogens with zero attached hydrogens (tertiary/aromatic N) is 2. The third-order valence-corrected chi connectivity index (χ3v) is 9.30. The molecule has 176 valence electrons. The van der Waals surface area contributed by atoms with Gasteiger partial charge in [-0.1, -0.05) is 23.8 Å². The van der Waals surface area contributed by atoms with E-state index in [-0.39, 0.29) is 9.79 Å². The van der Waals surface area contributed by atoms with Crippen molar-refractivity contribution in [3.05, 3.63) is 77.4 Å². The SMILES string of the molecule is COc1ccc(N(C)S(=O)(=O)c2cc(N(C)S(=O)(=O)c3ccc(C)cc3)c(C)cc2C)cc1. The summed E-state index contributed by atoms with van der Waals surface area (Å²) in [5.41, 5.74) is 2.87. The van der Waals surface area contributed by atoms with Crippen molar-refractivity contribution in [2.24, 2.45) is 0 Å². The van der Waals surface area contributed by atoms with Gasteiger partial charge < -0.3 is 4.74 Å². The third-order valence-electron chi connectivity index (χ3n) is 5.59. The smallest absolute Gasteiger partial charge is 0.264 e. The second-order valence-corrected chi connectivity index (χ2v) is 11.8. The Bertz CT molecular complexity index is 1370. The summed E-state index contributed by atoms with van der Waals surface area (Å²) >= 11 is 0. The predicted octanol–water partition coefficient (Wildman–Crippen LogP) is 4.27. The molecule has 0 aromatic heterocycles. The Labute approximate surface area is 196 Å². The quantitative estimate of drug-likeness (QED) is 0.496. The number of benzene rings is 3. The molecule has 3 aromatic carbocycles. The van der Waals surface area contributed by atoms with E-state index < -0.39 is 20.0 Å². The van der Waals surface area contributed by atoms with Crippen LogP contribution in [0.4, 0.5) is 11.4 Å². The summed E-state index contributed by atoms with van der Waals surface area (Å²) in [6, 6.07) is 16.3. The van der Waals surface area contributed by atoms with Gasteiger partial charge in [-0.15, -0.1) is 0 Å². The number of hydrogen-bond acceptors (Lipinski definition) is 5. The highest BCUT2D eigenvalue weighted by Gasteiger charge is 2.28. The number of ether oxygens (including phenoxy) is 1. The van der Waals surface area contributed by atoms with Gasteiger partial charge in [-0.3, -0.25) is 8.61 Å². The molecule has 0 N–H and O–H groups in total. The Balaban J connectivity index is 2.07. The van der Waals surface area contributed by atoms with Crippen molar-refractivity contribution in [2.75, 3.05) is 29.8 Å². The first-order chi connectivity index (χ1) is 15.4. The topological polar surface area (TPSA) is 84.0 Å². The zero-order chi connectivity index (χ0) is 24.6. The minimum atomic E-state index is -3.96. The fourth-order valence-corrected chi connectivity index (χ4v) is 6.19. The van der Waals surface area contributed by atoms with Crippen molar-refractivity contribution in [2.45, 2.75) is 30.6 Å². The van der Waals surface area contributed by atoms with E-state index >= 15 is 0 Å². The summed E-state index contributed by atoms with van der Waals surface area (Å²) in [7, 11) is -3.41. The van der Waals surface area contributed by atoms with Gasteiger partial charge in [0.1, 0.15) is 5.75 Å². The summed E-state index contributed by atoms with van der Waals surface area (Å²) in [5.74, 6) is 0.612. The van der Waals surface area contributed by atoms with E-state index in [4.69, 9.17) is 4.74 Å². The number of rotatable bonds is 7. The highest BCUT2D eigenvalue weighted by atomic mass is 32.2. The standard InChI is InChI=1S/C24H28N2O5S2/c1-17-7-13-22(14-8-17)32(27,28)26(5)23-16-24(19(3)15-18(23)2)33(29,30)25(4)20-9-11-21(31-6)12-10-20/h7-16H,1-6H3. The van der Waals surface area contributed by atoms with E-state index in [1.165, 1.54) is 31.6 Å². The van der Waals surface area contributed by atoms with Crippen LogP contribution in [-0.2, 0) is 20.0 Å². The number of anilines is 2. The molecule has 0 heterocycles. The van der Waals surface area contributed by atoms with Crippen LogP contribution in [0.1, 0.15) is 16.7 Å². The molecule has 33 heavy (non-hydrogen) atoms. The summed E-state index contributed by atoms with van der Waals surface area (Å²) in [5, 5.41) is 0. The van der Waals surface area contributed by atoms with Gasteiger partial charge >= 0.3 is 0 Å². The Morgan fingerprint density at radius 2 is 1.27 bits per heavy atom. The average molecular weight is 489 g/mol. The molecule has 7 nitrogen and oxygen atoms in total. The van der Waals surface area contributed by atoms with Crippen molar-refractivity contribution >= 4 is 31.4 Å². The van der Waals surface area contributed by atoms with E-state index in [2.05, 4.69) is 0 Å². The van der Waals surface area contributed by atoms with Crippen LogP contribution in [0.3, 0.4) is 0 Å². The molecule has 0 saturated heterocycles. The molecule has 0 atom stereocenters. The molecule has 0 fully saturated rings. The van der Waals surface area contributed by atoms with Gasteiger partial charge in [0, 0.05) is 14.1 Å². The maximum Gasteiger partial charge on any atom is 0.264 e. The lowest BCUT2D eigenvalue weighted by molar-refractivity contribution is 0.415. The molecule has 0 saturated carbocycles. The molecule has 0 aliphatic rings. The molecule has 0 radical (unpaired) electrons. The van der Waals surface area contributed by atoms with Gasteiger partial charge in [0.05, 0.1) is 28.3 Å². The molecule has 0 unspecified atom stereocenters. The Hall–Kier alpha value is -3.04. The molecule has 3 rings (SSSR count). The molecular formula is C24H28N2O5S2. The van der Waals surface area contributed by atoms with E-state index in [0.29, 0.717) is 28.3 Å². The van der Waals surface area contributed by atoms with Gasteiger partial charge in [-0.2, -0.15) is 0 Å². The van der Waals surface area contributed by atoms with Crippen LogP contribution in [-0.4, -0.2) is 38.0 Å². The maximum atomic E-state index is 13.5. The predicted molar refractivity (Wildman–Crippen MR) is 131 cm³/mol. The van der Waals surface area contributed by atoms with Crippen LogP contribution in [0, 0.1) is 20.8 Å². The van der Waals surface area contributed by atoms with Crippen LogP contribution in [0.2, 0.25) is 0 Å². The summed E-state index contributed by atoms with van der Waals surface area (Å²) in [4.78, 5) is 0.169. The van der Waals surface area contributed by atoms with Gasteiger partial charge in [0.15, 0.2) is 0 Å². The van der Waals surface area contributed by atoms with Crippen LogP contribution in [0.15, 0.2) is 70.5 Å². The average Bonchev–Trinajstić information content (AvgIpc) is 2.78. The van der Waals surface area contributed by atoms with Crippen LogP contribution in [0.25, 0.3) is 0 Å². The van der Waals surface area contributed by atoms with E-state index in [9.17, 15) is 16.8 Å². The molecule has 9 heteroatoms. The van der Waals surface area contributed by atoms with Crippen molar-refractivity contribution in [3.63, 3.8) is 0 Å². The lowest BCUT2D eigenvalue weighted by atomic mass is 10.1. The largest absolute Gasteiger partial charge is 0.497 e. The Morgan fingerprint density at radius 1 is 0.697 bits per heavy atom. The van der Waals surface area contributed by atoms with Gasteiger partial charge in [0.25, 0.3) is 20.0 Å². The molecule has 0 spiro atoms. The molecule has 0 aliphatic heterocycles. The maximum absolute atomic E-state index is 13.5. The first-order valence-corrected chi connectivity index (χ1v) is 13.1. The normalized spacial score (nSPS) is 11.8. The van der Waals surface area contributed by atoms with E-state index in [1.807, 2.05) is 6.92 Å². The van der Waals surface area contributed by atoms with E-state index in [0.717, 1.165) is 9.87 Å². The number of methoxy groups -OCH3 is 1. The summed E-state index contributed by atoms with van der Waals surface area (Å²) in [6.07, 6.45) is 0. The minimum Gasteiger partial charge on any atom is -0.497 e. The lowest BCUT2D eigenvalue weighted by Gasteiger charge is -2.25. The van der Waals surface area contributed by atoms with Crippen LogP contribution < -0.4 is 13.3 Å². The highest BCUT2D eigenvalue weighted by molar-refractivity contribution is 7.93. The van der Waals surface area contributed by atoms with Gasteiger partial charge in [-0.05, 0) is 74.4 Å². The fourth-order valence-electron chi connectivity index (χ4n) is 3.52. The van der Waals surface area contributed by atoms with E-state index in [1.54, 1.807) is 68.4 Å². The molecule has 0 aliphatic carbocycles. The lowest BCUT2D eigenvalue weighted by Crippen LogP contribution is -2.29. The fraction of sp³-hybridized carbons (Fsp3) is 0.250. The Kier molecular flexibility index (Phi) is 6.76. The highest BCUT2D eigenvalue weighted by Crippen LogP contribution is 2.33. The third kappa shape index (κ3) is 4.69. The van der Waals surface area contributed by atoms with Crippen LogP contribution >= 0.6 is 0 Å². The number of aryl methyl sites for hydroxylation is 3. The molecule has 0 amide bonds. The van der Waals surface area contributed by atoms with Crippen molar-refractivity contribution in [1.29, 1.82) is 0 Å². The number of hydrogen-bond donors (Lipinski definition) is 0. The monoisotopic (exact) mass is 488 g/mol. The van der Waals surface area contributed by atoms with Gasteiger partial charge in [0.2, 0.25) is 0 Å². The second kappa shape index (κ2) is 9.07. The first kappa shape index (κ1) is 24.6. The van der Waals surface area contributed by atoms with Crippen molar-refractivity contribution < 1.29 is 21.6 Å². The Morgan fingerprint density at radius 3 is 1.82 bits per heavy atom.